The molecule has 0 spiro atoms. The molecule has 6 heteroatoms. The smallest absolute Gasteiger partial charge is 0.260 e. The largest absolute Gasteiger partial charge is 0.337 e. The summed E-state index contributed by atoms with van der Waals surface area (Å²) in [7, 11) is 0. The summed E-state index contributed by atoms with van der Waals surface area (Å²) in [4.78, 5) is 24.6. The minimum absolute atomic E-state index is 0.0148. The van der Waals surface area contributed by atoms with Crippen LogP contribution in [-0.4, -0.2) is 27.0 Å². The van der Waals surface area contributed by atoms with Crippen molar-refractivity contribution in [3.05, 3.63) is 114 Å². The second kappa shape index (κ2) is 10.7. The van der Waals surface area contributed by atoms with E-state index >= 15 is 0 Å². The number of rotatable bonds is 9. The van der Waals surface area contributed by atoms with Crippen molar-refractivity contribution in [2.24, 2.45) is 0 Å². The number of fused-ring (bicyclic) bond motifs is 1. The Bertz CT molecular complexity index is 1390. The summed E-state index contributed by atoms with van der Waals surface area (Å²) in [5.74, 6) is -0.0148. The lowest BCUT2D eigenvalue weighted by Crippen LogP contribution is -2.32. The highest BCUT2D eigenvalue weighted by atomic mass is 32.1. The molecule has 2 heterocycles. The summed E-state index contributed by atoms with van der Waals surface area (Å²) in [5.41, 5.74) is 5.34. The number of carbonyl (C=O) groups excluding carboxylic acids is 1. The molecular weight excluding hydrogens is 452 g/mol. The van der Waals surface area contributed by atoms with Crippen molar-refractivity contribution in [3.63, 3.8) is 0 Å². The van der Waals surface area contributed by atoms with E-state index in [4.69, 9.17) is 4.98 Å². The molecule has 0 radical (unpaired) electrons. The maximum absolute atomic E-state index is 13.7. The topological polar surface area (TPSA) is 51.0 Å². The number of amides is 1. The predicted octanol–water partition coefficient (Wildman–Crippen LogP) is 6.38. The van der Waals surface area contributed by atoms with Gasteiger partial charge in [-0.2, -0.15) is 0 Å². The van der Waals surface area contributed by atoms with Gasteiger partial charge in [-0.05, 0) is 54.2 Å². The number of benzene rings is 3. The Kier molecular flexibility index (Phi) is 7.00. The fraction of sp³-hybridized carbons (Fsp3) is 0.207. The number of nitrogens with zero attached hydrogens (tertiary/aromatic N) is 4. The predicted molar refractivity (Wildman–Crippen MR) is 143 cm³/mol. The Morgan fingerprint density at radius 2 is 1.77 bits per heavy atom. The van der Waals surface area contributed by atoms with Gasteiger partial charge in [0.15, 0.2) is 5.13 Å². The van der Waals surface area contributed by atoms with Crippen molar-refractivity contribution in [2.45, 2.75) is 32.7 Å². The van der Waals surface area contributed by atoms with Gasteiger partial charge in [0.1, 0.15) is 0 Å². The number of hydrogen-bond donors (Lipinski definition) is 0. The van der Waals surface area contributed by atoms with Gasteiger partial charge in [0.2, 0.25) is 0 Å². The lowest BCUT2D eigenvalue weighted by molar-refractivity contribution is 0.0986. The molecule has 0 fully saturated rings. The van der Waals surface area contributed by atoms with E-state index in [1.807, 2.05) is 40.2 Å². The fourth-order valence-corrected chi connectivity index (χ4v) is 5.30. The summed E-state index contributed by atoms with van der Waals surface area (Å²) in [6.45, 7) is 3.52. The van der Waals surface area contributed by atoms with Crippen LogP contribution in [0.15, 0.2) is 91.5 Å². The van der Waals surface area contributed by atoms with Crippen LogP contribution in [0.25, 0.3) is 10.2 Å². The molecule has 0 bridgehead atoms. The summed E-state index contributed by atoms with van der Waals surface area (Å²) >= 11 is 1.59. The van der Waals surface area contributed by atoms with Crippen molar-refractivity contribution in [1.29, 1.82) is 0 Å². The minimum Gasteiger partial charge on any atom is -0.337 e. The van der Waals surface area contributed by atoms with Crippen LogP contribution < -0.4 is 4.90 Å². The molecule has 35 heavy (non-hydrogen) atoms. The zero-order valence-electron chi connectivity index (χ0n) is 19.8. The molecule has 3 aromatic carbocycles. The molecule has 5 rings (SSSR count). The molecule has 1 amide bonds. The van der Waals surface area contributed by atoms with Crippen LogP contribution in [0.2, 0.25) is 0 Å². The van der Waals surface area contributed by atoms with E-state index in [9.17, 15) is 4.79 Å². The average molecular weight is 481 g/mol. The van der Waals surface area contributed by atoms with E-state index in [-0.39, 0.29) is 5.91 Å². The van der Waals surface area contributed by atoms with E-state index in [0.717, 1.165) is 41.2 Å². The van der Waals surface area contributed by atoms with E-state index in [2.05, 4.69) is 66.5 Å². The van der Waals surface area contributed by atoms with Crippen LogP contribution in [0.5, 0.6) is 0 Å². The van der Waals surface area contributed by atoms with Crippen LogP contribution in [-0.2, 0) is 19.4 Å². The zero-order chi connectivity index (χ0) is 24.0. The Balaban J connectivity index is 1.40. The molecule has 176 valence electrons. The van der Waals surface area contributed by atoms with E-state index in [1.165, 1.54) is 16.7 Å². The number of carbonyl (C=O) groups is 1. The van der Waals surface area contributed by atoms with E-state index in [0.29, 0.717) is 12.1 Å². The molecule has 0 aliphatic carbocycles. The van der Waals surface area contributed by atoms with Crippen LogP contribution in [0.3, 0.4) is 0 Å². The number of para-hydroxylation sites is 1. The summed E-state index contributed by atoms with van der Waals surface area (Å²) in [6, 6.07) is 24.6. The highest BCUT2D eigenvalue weighted by molar-refractivity contribution is 7.22. The molecule has 0 aliphatic heterocycles. The van der Waals surface area contributed by atoms with Crippen LogP contribution in [0.4, 0.5) is 5.13 Å². The minimum atomic E-state index is -0.0148. The maximum atomic E-state index is 13.7. The second-order valence-corrected chi connectivity index (χ2v) is 9.59. The number of aryl methyl sites for hydroxylation is 2. The summed E-state index contributed by atoms with van der Waals surface area (Å²) < 4.78 is 3.15. The number of hydrogen-bond acceptors (Lipinski definition) is 4. The van der Waals surface area contributed by atoms with Gasteiger partial charge in [-0.15, -0.1) is 0 Å². The van der Waals surface area contributed by atoms with Crippen LogP contribution >= 0.6 is 11.3 Å². The van der Waals surface area contributed by atoms with Crippen molar-refractivity contribution in [2.75, 3.05) is 11.4 Å². The zero-order valence-corrected chi connectivity index (χ0v) is 20.6. The van der Waals surface area contributed by atoms with Gasteiger partial charge in [0.25, 0.3) is 5.91 Å². The third kappa shape index (κ3) is 5.33. The summed E-state index contributed by atoms with van der Waals surface area (Å²) in [6.07, 6.45) is 8.11. The standard InChI is InChI=1S/C29H28N4OS/c1-2-24-10-6-11-26-27(24)31-29(35-26)33(18-7-17-32-19-16-30-21-32)28(34)25-14-12-23(13-15-25)20-22-8-4-3-5-9-22/h3-6,8-16,19,21H,2,7,17-18,20H2,1H3. The third-order valence-corrected chi connectivity index (χ3v) is 7.20. The lowest BCUT2D eigenvalue weighted by atomic mass is 10.0. The van der Waals surface area contributed by atoms with Gasteiger partial charge in [0.05, 0.1) is 16.5 Å². The second-order valence-electron chi connectivity index (χ2n) is 8.58. The van der Waals surface area contributed by atoms with Crippen LogP contribution in [0.1, 0.15) is 40.4 Å². The van der Waals surface area contributed by atoms with Crippen molar-refractivity contribution in [3.8, 4) is 0 Å². The normalized spacial score (nSPS) is 11.1. The van der Waals surface area contributed by atoms with Crippen LogP contribution in [0, 0.1) is 0 Å². The molecular formula is C29H28N4OS. The number of thiazole rings is 1. The molecule has 0 N–H and O–H groups in total. The van der Waals surface area contributed by atoms with Gasteiger partial charge in [-0.3, -0.25) is 9.69 Å². The first kappa shape index (κ1) is 23.0. The molecule has 0 saturated heterocycles. The molecule has 5 aromatic rings. The van der Waals surface area contributed by atoms with Gasteiger partial charge in [0, 0.05) is 31.0 Å². The summed E-state index contributed by atoms with van der Waals surface area (Å²) in [5, 5.41) is 0.755. The average Bonchev–Trinajstić information content (AvgIpc) is 3.57. The van der Waals surface area contributed by atoms with Gasteiger partial charge >= 0.3 is 0 Å². The molecule has 0 aliphatic rings. The fourth-order valence-electron chi connectivity index (χ4n) is 4.26. The Labute approximate surface area is 209 Å². The van der Waals surface area contributed by atoms with Crippen molar-refractivity contribution >= 4 is 32.6 Å². The number of imidazole rings is 1. The van der Waals surface area contributed by atoms with Crippen molar-refractivity contribution < 1.29 is 4.79 Å². The third-order valence-electron chi connectivity index (χ3n) is 6.16. The number of aromatic nitrogens is 3. The maximum Gasteiger partial charge on any atom is 0.260 e. The first-order chi connectivity index (χ1) is 17.2. The Hall–Kier alpha value is -3.77. The van der Waals surface area contributed by atoms with Gasteiger partial charge < -0.3 is 4.57 Å². The molecule has 0 unspecified atom stereocenters. The van der Waals surface area contributed by atoms with E-state index in [1.54, 1.807) is 17.5 Å². The van der Waals surface area contributed by atoms with Gasteiger partial charge in [-0.1, -0.05) is 72.9 Å². The highest BCUT2D eigenvalue weighted by Gasteiger charge is 2.22. The molecule has 0 atom stereocenters. The SMILES string of the molecule is CCc1cccc2sc(N(CCCn3ccnc3)C(=O)c3ccc(Cc4ccccc4)cc3)nc12. The molecule has 0 saturated carbocycles. The Morgan fingerprint density at radius 3 is 2.51 bits per heavy atom. The Morgan fingerprint density at radius 1 is 0.971 bits per heavy atom. The van der Waals surface area contributed by atoms with E-state index < -0.39 is 0 Å². The first-order valence-electron chi connectivity index (χ1n) is 12.0. The monoisotopic (exact) mass is 480 g/mol. The molecule has 2 aromatic heterocycles. The number of anilines is 1. The quantitative estimate of drug-likeness (QED) is 0.246. The lowest BCUT2D eigenvalue weighted by Gasteiger charge is -2.20. The molecule has 5 nitrogen and oxygen atoms in total. The first-order valence-corrected chi connectivity index (χ1v) is 12.8. The highest BCUT2D eigenvalue weighted by Crippen LogP contribution is 2.32. The van der Waals surface area contributed by atoms with Gasteiger partial charge in [-0.25, -0.2) is 9.97 Å². The van der Waals surface area contributed by atoms with Crippen molar-refractivity contribution in [1.82, 2.24) is 14.5 Å².